The van der Waals surface area contributed by atoms with Gasteiger partial charge in [0.1, 0.15) is 0 Å². The molecule has 19 heavy (non-hydrogen) atoms. The quantitative estimate of drug-likeness (QED) is 0.680. The molecular formula is C15H12F2O2. The number of ketones is 1. The third-order valence-corrected chi connectivity index (χ3v) is 2.80. The second-order valence-corrected chi connectivity index (χ2v) is 4.13. The highest BCUT2D eigenvalue weighted by atomic mass is 19.3. The molecule has 2 nitrogen and oxygen atoms in total. The van der Waals surface area contributed by atoms with Crippen LogP contribution in [0, 0.1) is 0 Å². The summed E-state index contributed by atoms with van der Waals surface area (Å²) in [7, 11) is 0. The van der Waals surface area contributed by atoms with Crippen molar-refractivity contribution in [1.82, 2.24) is 0 Å². The SMILES string of the molecule is O=C(c1ccccc1)C(F)(F)C([18OH])c1ccccc1. The van der Waals surface area contributed by atoms with Gasteiger partial charge in [-0.1, -0.05) is 60.7 Å². The average molecular weight is 264 g/mol. The monoisotopic (exact) mass is 264 g/mol. The molecule has 1 N–H and O–H groups in total. The van der Waals surface area contributed by atoms with Gasteiger partial charge in [0.15, 0.2) is 6.10 Å². The van der Waals surface area contributed by atoms with E-state index in [4.69, 9.17) is 0 Å². The minimum absolute atomic E-state index is 0.0109. The van der Waals surface area contributed by atoms with Crippen molar-refractivity contribution in [2.75, 3.05) is 0 Å². The van der Waals surface area contributed by atoms with Crippen LogP contribution in [0.1, 0.15) is 22.0 Å². The van der Waals surface area contributed by atoms with Crippen LogP contribution in [0.2, 0.25) is 0 Å². The molecular weight excluding hydrogens is 252 g/mol. The van der Waals surface area contributed by atoms with Crippen LogP contribution in [0.4, 0.5) is 8.78 Å². The molecule has 0 fully saturated rings. The number of halogens is 2. The number of carbonyl (C=O) groups is 1. The van der Waals surface area contributed by atoms with Gasteiger partial charge in [-0.15, -0.1) is 0 Å². The maximum atomic E-state index is 14.0. The molecule has 98 valence electrons. The number of rotatable bonds is 4. The Kier molecular flexibility index (Phi) is 3.71. The van der Waals surface area contributed by atoms with E-state index < -0.39 is 17.8 Å². The number of hydrogen-bond acceptors (Lipinski definition) is 2. The van der Waals surface area contributed by atoms with Crippen LogP contribution in [0.3, 0.4) is 0 Å². The lowest BCUT2D eigenvalue weighted by Gasteiger charge is -2.21. The lowest BCUT2D eigenvalue weighted by molar-refractivity contribution is -0.0792. The molecule has 0 heterocycles. The normalized spacial score (nSPS) is 13.0. The lowest BCUT2D eigenvalue weighted by atomic mass is 9.97. The van der Waals surface area contributed by atoms with Crippen molar-refractivity contribution in [3.63, 3.8) is 0 Å². The number of aliphatic hydroxyl groups excluding tert-OH is 1. The Hall–Kier alpha value is -2.07. The number of benzene rings is 2. The molecule has 2 rings (SSSR count). The smallest absolute Gasteiger partial charge is 0.339 e. The summed E-state index contributed by atoms with van der Waals surface area (Å²) < 4.78 is 28.0. The lowest BCUT2D eigenvalue weighted by Crippen LogP contribution is -2.35. The van der Waals surface area contributed by atoms with Crippen LogP contribution in [0.25, 0.3) is 0 Å². The van der Waals surface area contributed by atoms with E-state index in [0.29, 0.717) is 0 Å². The fraction of sp³-hybridized carbons (Fsp3) is 0.133. The third-order valence-electron chi connectivity index (χ3n) is 2.80. The Morgan fingerprint density at radius 1 is 0.947 bits per heavy atom. The molecule has 0 bridgehead atoms. The molecule has 0 radical (unpaired) electrons. The molecule has 4 heteroatoms. The van der Waals surface area contributed by atoms with Crippen LogP contribution in [0.15, 0.2) is 60.7 Å². The van der Waals surface area contributed by atoms with Crippen molar-refractivity contribution in [2.24, 2.45) is 0 Å². The zero-order valence-electron chi connectivity index (χ0n) is 9.96. The summed E-state index contributed by atoms with van der Waals surface area (Å²) >= 11 is 0. The molecule has 0 aliphatic rings. The zero-order chi connectivity index (χ0) is 13.9. The standard InChI is InChI=1S/C15H12F2O2/c16-15(17,13(18)11-7-3-1-4-8-11)14(19)12-9-5-2-6-10-12/h1-10,13,18H/i18+2. The van der Waals surface area contributed by atoms with E-state index in [0.717, 1.165) is 0 Å². The molecule has 0 spiro atoms. The van der Waals surface area contributed by atoms with Gasteiger partial charge in [0.05, 0.1) is 0 Å². The average Bonchev–Trinajstić information content (AvgIpc) is 2.47. The molecule has 0 saturated carbocycles. The summed E-state index contributed by atoms with van der Waals surface area (Å²) in [6.07, 6.45) is -2.15. The minimum atomic E-state index is -3.86. The van der Waals surface area contributed by atoms with Gasteiger partial charge in [0.25, 0.3) is 0 Å². The number of Topliss-reactive ketones (excluding diaryl/α,β-unsaturated/α-hetero) is 1. The molecule has 0 saturated heterocycles. The highest BCUT2D eigenvalue weighted by Gasteiger charge is 2.47. The maximum absolute atomic E-state index is 14.0. The van der Waals surface area contributed by atoms with Crippen LogP contribution < -0.4 is 0 Å². The Morgan fingerprint density at radius 2 is 1.42 bits per heavy atom. The van der Waals surface area contributed by atoms with Gasteiger partial charge >= 0.3 is 5.92 Å². The van der Waals surface area contributed by atoms with Gasteiger partial charge in [-0.05, 0) is 5.56 Å². The van der Waals surface area contributed by atoms with Gasteiger partial charge in [-0.2, -0.15) is 8.78 Å². The van der Waals surface area contributed by atoms with E-state index >= 15 is 0 Å². The Labute approximate surface area is 109 Å². The molecule has 2 aromatic carbocycles. The number of hydrogen-bond donors (Lipinski definition) is 1. The van der Waals surface area contributed by atoms with Crippen LogP contribution in [0.5, 0.6) is 0 Å². The van der Waals surface area contributed by atoms with Gasteiger partial charge in [0, 0.05) is 5.56 Å². The second-order valence-electron chi connectivity index (χ2n) is 4.13. The first-order chi connectivity index (χ1) is 9.03. The maximum Gasteiger partial charge on any atom is 0.339 e. The molecule has 1 atom stereocenters. The Morgan fingerprint density at radius 3 is 1.95 bits per heavy atom. The topological polar surface area (TPSA) is 37.3 Å². The molecule has 2 aromatic rings. The molecule has 0 aliphatic carbocycles. The predicted octanol–water partition coefficient (Wildman–Crippen LogP) is 3.24. The summed E-state index contributed by atoms with van der Waals surface area (Å²) in [5.74, 6) is -5.24. The van der Waals surface area contributed by atoms with E-state index in [1.54, 1.807) is 12.1 Å². The van der Waals surface area contributed by atoms with Crippen LogP contribution >= 0.6 is 0 Å². The van der Waals surface area contributed by atoms with E-state index in [9.17, 15) is 18.7 Å². The van der Waals surface area contributed by atoms with E-state index in [2.05, 4.69) is 0 Å². The number of alkyl halides is 2. The van der Waals surface area contributed by atoms with Gasteiger partial charge in [-0.3, -0.25) is 4.79 Å². The van der Waals surface area contributed by atoms with Gasteiger partial charge in [-0.25, -0.2) is 0 Å². The summed E-state index contributed by atoms with van der Waals surface area (Å²) in [5, 5.41) is 9.71. The van der Waals surface area contributed by atoms with Crippen molar-refractivity contribution in [3.8, 4) is 0 Å². The predicted molar refractivity (Wildman–Crippen MR) is 67.1 cm³/mol. The highest BCUT2D eigenvalue weighted by Crippen LogP contribution is 2.34. The molecule has 0 amide bonds. The molecule has 0 aliphatic heterocycles. The highest BCUT2D eigenvalue weighted by molar-refractivity contribution is 6.01. The Balaban J connectivity index is 2.30. The third kappa shape index (κ3) is 2.69. The van der Waals surface area contributed by atoms with Crippen molar-refractivity contribution >= 4 is 5.78 Å². The van der Waals surface area contributed by atoms with Crippen LogP contribution in [-0.4, -0.2) is 16.8 Å². The fourth-order valence-corrected chi connectivity index (χ4v) is 1.75. The largest absolute Gasteiger partial charge is 0.382 e. The molecule has 0 aromatic heterocycles. The number of carbonyl (C=O) groups excluding carboxylic acids is 1. The molecule has 1 unspecified atom stereocenters. The first-order valence-electron chi connectivity index (χ1n) is 5.74. The second kappa shape index (κ2) is 5.28. The van der Waals surface area contributed by atoms with E-state index in [1.807, 2.05) is 0 Å². The van der Waals surface area contributed by atoms with Crippen LogP contribution in [-0.2, 0) is 0 Å². The van der Waals surface area contributed by atoms with Crippen molar-refractivity contribution in [1.29, 1.82) is 0 Å². The Bertz CT molecular complexity index is 553. The van der Waals surface area contributed by atoms with E-state index in [1.165, 1.54) is 48.5 Å². The minimum Gasteiger partial charge on any atom is -0.382 e. The van der Waals surface area contributed by atoms with Crippen molar-refractivity contribution < 1.29 is 18.7 Å². The first-order valence-corrected chi connectivity index (χ1v) is 5.74. The zero-order valence-corrected chi connectivity index (χ0v) is 9.96. The van der Waals surface area contributed by atoms with Gasteiger partial charge in [0.2, 0.25) is 5.78 Å². The summed E-state index contributed by atoms with van der Waals surface area (Å²) in [5.41, 5.74) is -0.112. The van der Waals surface area contributed by atoms with Crippen molar-refractivity contribution in [2.45, 2.75) is 12.0 Å². The van der Waals surface area contributed by atoms with Crippen molar-refractivity contribution in [3.05, 3.63) is 71.8 Å². The summed E-state index contributed by atoms with van der Waals surface area (Å²) in [6, 6.07) is 14.6. The fourth-order valence-electron chi connectivity index (χ4n) is 1.75. The first kappa shape index (κ1) is 13.4. The van der Waals surface area contributed by atoms with Gasteiger partial charge < -0.3 is 5.11 Å². The summed E-state index contributed by atoms with van der Waals surface area (Å²) in [4.78, 5) is 11.8. The summed E-state index contributed by atoms with van der Waals surface area (Å²) in [6.45, 7) is 0. The number of aliphatic hydroxyl groups is 1. The van der Waals surface area contributed by atoms with E-state index in [-0.39, 0.29) is 11.1 Å².